The van der Waals surface area contributed by atoms with Gasteiger partial charge in [0.25, 0.3) is 11.8 Å². The van der Waals surface area contributed by atoms with Gasteiger partial charge in [0.1, 0.15) is 28.9 Å². The zero-order valence-corrected chi connectivity index (χ0v) is 42.8. The minimum atomic E-state index is -1.16. The number of oxime groups is 1. The molecular formula is C53H66ClFN6O10. The van der Waals surface area contributed by atoms with Crippen molar-refractivity contribution in [3.8, 4) is 0 Å². The number of nitrogens with zero attached hydrogens (tertiary/aromatic N) is 3. The molecule has 0 saturated heterocycles. The molecule has 3 heterocycles. The van der Waals surface area contributed by atoms with Crippen LogP contribution in [0.4, 0.5) is 14.9 Å². The summed E-state index contributed by atoms with van der Waals surface area (Å²) in [7, 11) is 0. The van der Waals surface area contributed by atoms with Crippen molar-refractivity contribution < 1.29 is 52.2 Å². The molecule has 0 saturated carbocycles. The Balaban J connectivity index is 1.13. The fourth-order valence-corrected chi connectivity index (χ4v) is 8.68. The number of anilines is 1. The lowest BCUT2D eigenvalue weighted by atomic mass is 9.84. The van der Waals surface area contributed by atoms with Gasteiger partial charge >= 0.3 is 18.0 Å². The van der Waals surface area contributed by atoms with Gasteiger partial charge in [-0.25, -0.2) is 18.8 Å². The minimum Gasteiger partial charge on any atom is -0.458 e. The Morgan fingerprint density at radius 3 is 2.21 bits per heavy atom. The minimum absolute atomic E-state index is 0.0535. The molecule has 3 atom stereocenters. The molecule has 0 spiro atoms. The number of nitrogens with one attached hydrogen (secondary N) is 3. The first kappa shape index (κ1) is 54.0. The van der Waals surface area contributed by atoms with Gasteiger partial charge in [-0.1, -0.05) is 59.2 Å². The Morgan fingerprint density at radius 2 is 1.52 bits per heavy atom. The Hall–Kier alpha value is -6.33. The average Bonchev–Trinajstić information content (AvgIpc) is 3.77. The Bertz CT molecular complexity index is 2560. The number of carbonyl (C=O) groups is 6. The van der Waals surface area contributed by atoms with E-state index < -0.39 is 70.7 Å². The topological polar surface area (TPSA) is 194 Å². The first-order valence-corrected chi connectivity index (χ1v) is 24.4. The summed E-state index contributed by atoms with van der Waals surface area (Å²) in [6.07, 6.45) is 2.56. The van der Waals surface area contributed by atoms with Gasteiger partial charge in [-0.3, -0.25) is 19.3 Å². The number of carbonyl (C=O) groups excluding carboxylic acids is 6. The van der Waals surface area contributed by atoms with Crippen LogP contribution >= 0.6 is 11.6 Å². The van der Waals surface area contributed by atoms with E-state index in [4.69, 9.17) is 30.6 Å². The highest BCUT2D eigenvalue weighted by Gasteiger charge is 2.43. The summed E-state index contributed by atoms with van der Waals surface area (Å²) in [6, 6.07) is 14.6. The van der Waals surface area contributed by atoms with E-state index in [1.54, 1.807) is 92.6 Å². The maximum Gasteiger partial charge on any atom is 0.408 e. The van der Waals surface area contributed by atoms with Gasteiger partial charge in [0.05, 0.1) is 28.5 Å². The van der Waals surface area contributed by atoms with Crippen molar-refractivity contribution in [1.82, 2.24) is 20.4 Å². The zero-order valence-electron chi connectivity index (χ0n) is 42.0. The van der Waals surface area contributed by atoms with Crippen molar-refractivity contribution >= 4 is 64.3 Å². The van der Waals surface area contributed by atoms with Gasteiger partial charge in [-0.15, -0.1) is 0 Å². The monoisotopic (exact) mass is 1000 g/mol. The van der Waals surface area contributed by atoms with Crippen molar-refractivity contribution in [3.63, 3.8) is 0 Å². The van der Waals surface area contributed by atoms with Crippen LogP contribution in [0.2, 0.25) is 5.02 Å². The number of benzene rings is 3. The number of hydrogen-bond donors (Lipinski definition) is 3. The molecule has 6 rings (SSSR count). The van der Waals surface area contributed by atoms with Gasteiger partial charge in [-0.2, -0.15) is 0 Å². The number of hydrogen-bond acceptors (Lipinski definition) is 12. The molecule has 0 bridgehead atoms. The van der Waals surface area contributed by atoms with Crippen LogP contribution in [-0.2, 0) is 44.6 Å². The highest BCUT2D eigenvalue weighted by molar-refractivity contribution is 6.31. The molecule has 3 aliphatic heterocycles. The van der Waals surface area contributed by atoms with Gasteiger partial charge in [0.15, 0.2) is 5.82 Å². The van der Waals surface area contributed by atoms with Crippen molar-refractivity contribution in [1.29, 1.82) is 0 Å². The third-order valence-corrected chi connectivity index (χ3v) is 11.9. The Kier molecular flexibility index (Phi) is 17.4. The standard InChI is InChI=1S/C53H66ClFN6O10/c1-51(2,3)68-48(65)37-16-10-11-21-39(37)57-46(63)45-35-18-14-17-33(34(35)25-29-61(45)47(64)42-30-41(59-71-42)36-19-15-20-38(54)44(36)55)32-23-27-60(28-24-32)31-43(62)56-26-13-12-22-40(49(66)69-52(4,5)6)58-50(67)70-53(7,8)9/h10-11,14-21,23,40,42,45H,12-13,22,24-31H2,1-9H3,(H,56,62)(H,57,63)(H,58,67)/t40?,42?,45-/m0/s1. The highest BCUT2D eigenvalue weighted by atomic mass is 35.5. The second-order valence-electron chi connectivity index (χ2n) is 20.8. The van der Waals surface area contributed by atoms with E-state index >= 15 is 4.39 Å². The van der Waals surface area contributed by atoms with Crippen LogP contribution < -0.4 is 16.0 Å². The maximum atomic E-state index is 15.0. The number of unbranched alkanes of at least 4 members (excludes halogenated alkanes) is 1. The third kappa shape index (κ3) is 14.9. The van der Waals surface area contributed by atoms with Crippen molar-refractivity contribution in [2.75, 3.05) is 38.0 Å². The quantitative estimate of drug-likeness (QED) is 0.0753. The fourth-order valence-electron chi connectivity index (χ4n) is 8.51. The van der Waals surface area contributed by atoms with E-state index in [1.807, 2.05) is 23.1 Å². The van der Waals surface area contributed by atoms with Crippen LogP contribution in [0, 0.1) is 5.82 Å². The summed E-state index contributed by atoms with van der Waals surface area (Å²) in [4.78, 5) is 90.1. The van der Waals surface area contributed by atoms with Gasteiger partial charge in [0.2, 0.25) is 12.0 Å². The molecule has 18 heteroatoms. The highest BCUT2D eigenvalue weighted by Crippen LogP contribution is 2.38. The second-order valence-corrected chi connectivity index (χ2v) is 21.2. The molecule has 3 aromatic carbocycles. The summed E-state index contributed by atoms with van der Waals surface area (Å²) in [6.45, 7) is 17.5. The molecule has 3 aliphatic rings. The Labute approximate surface area is 420 Å². The second kappa shape index (κ2) is 22.8. The number of ether oxygens (including phenoxy) is 3. The van der Waals surface area contributed by atoms with E-state index in [1.165, 1.54) is 17.0 Å². The summed E-state index contributed by atoms with van der Waals surface area (Å²) >= 11 is 6.05. The lowest BCUT2D eigenvalue weighted by Gasteiger charge is -2.38. The van der Waals surface area contributed by atoms with Gasteiger partial charge in [0, 0.05) is 38.2 Å². The maximum absolute atomic E-state index is 15.0. The summed E-state index contributed by atoms with van der Waals surface area (Å²) in [5.74, 6) is -3.10. The van der Waals surface area contributed by atoms with Crippen molar-refractivity contribution in [3.05, 3.63) is 105 Å². The summed E-state index contributed by atoms with van der Waals surface area (Å²) in [5.41, 5.74) is 1.83. The van der Waals surface area contributed by atoms with Crippen LogP contribution in [0.5, 0.6) is 0 Å². The molecule has 0 radical (unpaired) electrons. The molecule has 4 amide bonds. The van der Waals surface area contributed by atoms with E-state index in [2.05, 4.69) is 27.2 Å². The zero-order chi connectivity index (χ0) is 51.8. The fraction of sp³-hybridized carbons (Fsp3) is 0.491. The number of alkyl carbamates (subject to hydrolysis) is 1. The van der Waals surface area contributed by atoms with E-state index in [9.17, 15) is 28.8 Å². The predicted molar refractivity (Wildman–Crippen MR) is 267 cm³/mol. The summed E-state index contributed by atoms with van der Waals surface area (Å²) in [5, 5.41) is 12.5. The van der Waals surface area contributed by atoms with Crippen LogP contribution in [0.3, 0.4) is 0 Å². The number of halogens is 2. The van der Waals surface area contributed by atoms with Crippen LogP contribution in [-0.4, -0.2) is 113 Å². The van der Waals surface area contributed by atoms with E-state index in [0.29, 0.717) is 57.3 Å². The van der Waals surface area contributed by atoms with Crippen LogP contribution in [0.25, 0.3) is 5.57 Å². The number of para-hydroxylation sites is 1. The number of rotatable bonds is 15. The van der Waals surface area contributed by atoms with E-state index in [-0.39, 0.29) is 53.0 Å². The molecule has 0 aromatic heterocycles. The number of esters is 2. The lowest BCUT2D eigenvalue weighted by Crippen LogP contribution is -2.49. The molecule has 2 unspecified atom stereocenters. The smallest absolute Gasteiger partial charge is 0.408 e. The molecular weight excluding hydrogens is 935 g/mol. The normalized spacial score (nSPS) is 17.6. The van der Waals surface area contributed by atoms with E-state index in [0.717, 1.165) is 16.7 Å². The van der Waals surface area contributed by atoms with Crippen LogP contribution in [0.15, 0.2) is 71.9 Å². The molecule has 3 aromatic rings. The van der Waals surface area contributed by atoms with Crippen LogP contribution in [0.1, 0.15) is 133 Å². The summed E-state index contributed by atoms with van der Waals surface area (Å²) < 4.78 is 31.5. The van der Waals surface area contributed by atoms with Crippen molar-refractivity contribution in [2.45, 2.75) is 136 Å². The van der Waals surface area contributed by atoms with Crippen molar-refractivity contribution in [2.24, 2.45) is 5.16 Å². The molecule has 0 aliphatic carbocycles. The molecule has 0 fully saturated rings. The SMILES string of the molecule is CC(C)(C)OC(=O)NC(CCCCNC(=O)CN1CC=C(c2cccc3c2CCN(C(=O)C2CC(c4cccc(Cl)c4F)=NO2)[C@@H]3C(=O)Nc2ccccc2C(=O)OC(C)(C)C)CC1)C(=O)OC(C)(C)C. The molecule has 71 heavy (non-hydrogen) atoms. The van der Waals surface area contributed by atoms with Gasteiger partial charge in [-0.05, 0) is 141 Å². The first-order valence-electron chi connectivity index (χ1n) is 24.0. The predicted octanol–water partition coefficient (Wildman–Crippen LogP) is 8.30. The number of fused-ring (bicyclic) bond motifs is 1. The molecule has 16 nitrogen and oxygen atoms in total. The number of amides is 4. The first-order chi connectivity index (χ1) is 33.4. The van der Waals surface area contributed by atoms with Gasteiger partial charge < -0.3 is 39.9 Å². The average molecular weight is 1000 g/mol. The Morgan fingerprint density at radius 1 is 0.831 bits per heavy atom. The molecule has 382 valence electrons. The largest absolute Gasteiger partial charge is 0.458 e. The third-order valence-electron chi connectivity index (χ3n) is 11.6. The lowest BCUT2D eigenvalue weighted by molar-refractivity contribution is -0.157. The molecule has 3 N–H and O–H groups in total.